The standard InChI is InChI=1S/C38H38N4/c1-41-35-9-5-3-7-33(35)39-37(41)28-17-11-25(12-18-28)30-21-15-27-16-22-31(24-32(27)23-30)26-13-19-29(20-14-26)38-40-34-8-4-6-10-36(34)42(38)2/h3,5,7-17,19-24,28,33,35,37-40H,4,6,18H2,1-2H3. The summed E-state index contributed by atoms with van der Waals surface area (Å²) in [7, 11) is 4.44. The molecule has 8 rings (SSSR count). The van der Waals surface area contributed by atoms with Crippen LogP contribution < -0.4 is 10.6 Å². The molecule has 4 nitrogen and oxygen atoms in total. The van der Waals surface area contributed by atoms with Gasteiger partial charge in [0.2, 0.25) is 0 Å². The maximum Gasteiger partial charge on any atom is 0.125 e. The van der Waals surface area contributed by atoms with Gasteiger partial charge in [-0.15, -0.1) is 0 Å². The van der Waals surface area contributed by atoms with E-state index in [-0.39, 0.29) is 6.17 Å². The Morgan fingerprint density at radius 3 is 2.29 bits per heavy atom. The quantitative estimate of drug-likeness (QED) is 0.357. The zero-order valence-corrected chi connectivity index (χ0v) is 24.4. The number of benzene rings is 3. The van der Waals surface area contributed by atoms with Gasteiger partial charge < -0.3 is 10.2 Å². The fourth-order valence-electron chi connectivity index (χ4n) is 7.43. The summed E-state index contributed by atoms with van der Waals surface area (Å²) in [6.45, 7) is 0. The molecule has 0 saturated carbocycles. The minimum Gasteiger partial charge on any atom is -0.360 e. The molecule has 0 amide bonds. The summed E-state index contributed by atoms with van der Waals surface area (Å²) < 4.78 is 0. The van der Waals surface area contributed by atoms with Crippen LogP contribution in [0.4, 0.5) is 0 Å². The molecule has 3 aromatic carbocycles. The van der Waals surface area contributed by atoms with Crippen molar-refractivity contribution in [2.75, 3.05) is 14.1 Å². The van der Waals surface area contributed by atoms with E-state index in [4.69, 9.17) is 0 Å². The molecule has 5 unspecified atom stereocenters. The van der Waals surface area contributed by atoms with E-state index < -0.39 is 0 Å². The second-order valence-electron chi connectivity index (χ2n) is 12.3. The van der Waals surface area contributed by atoms with Crippen LogP contribution in [0, 0.1) is 5.92 Å². The highest BCUT2D eigenvalue weighted by Gasteiger charge is 2.39. The van der Waals surface area contributed by atoms with E-state index in [9.17, 15) is 0 Å². The molecule has 0 radical (unpaired) electrons. The molecule has 4 heteroatoms. The maximum absolute atomic E-state index is 3.84. The van der Waals surface area contributed by atoms with Gasteiger partial charge in [0, 0.05) is 25.0 Å². The molecule has 3 aliphatic carbocycles. The van der Waals surface area contributed by atoms with Crippen molar-refractivity contribution in [3.8, 4) is 11.1 Å². The van der Waals surface area contributed by atoms with Gasteiger partial charge in [-0.2, -0.15) is 0 Å². The largest absolute Gasteiger partial charge is 0.360 e. The number of hydrogen-bond donors (Lipinski definition) is 2. The molecule has 0 spiro atoms. The Hall–Kier alpha value is -4.12. The minimum atomic E-state index is 0.188. The zero-order valence-electron chi connectivity index (χ0n) is 24.4. The van der Waals surface area contributed by atoms with Crippen LogP contribution in [0.3, 0.4) is 0 Å². The van der Waals surface area contributed by atoms with Gasteiger partial charge in [0.25, 0.3) is 0 Å². The number of allylic oxidation sites excluding steroid dienone is 7. The second kappa shape index (κ2) is 10.3. The highest BCUT2D eigenvalue weighted by molar-refractivity contribution is 5.91. The average Bonchev–Trinajstić information content (AvgIpc) is 3.57. The normalized spacial score (nSPS) is 28.3. The number of nitrogens with zero attached hydrogens (tertiary/aromatic N) is 2. The summed E-state index contributed by atoms with van der Waals surface area (Å²) in [5, 5.41) is 10.1. The topological polar surface area (TPSA) is 30.5 Å². The fraction of sp³-hybridized carbons (Fsp3) is 0.263. The Kier molecular flexibility index (Phi) is 6.28. The molecule has 0 bridgehead atoms. The smallest absolute Gasteiger partial charge is 0.125 e. The number of likely N-dealkylation sites (N-methyl/N-ethyl adjacent to an activating group) is 2. The van der Waals surface area contributed by atoms with Crippen LogP contribution in [-0.2, 0) is 0 Å². The van der Waals surface area contributed by atoms with E-state index >= 15 is 0 Å². The predicted octanol–water partition coefficient (Wildman–Crippen LogP) is 7.29. The van der Waals surface area contributed by atoms with Crippen molar-refractivity contribution in [2.24, 2.45) is 5.92 Å². The van der Waals surface area contributed by atoms with Crippen LogP contribution in [-0.4, -0.2) is 42.1 Å². The summed E-state index contributed by atoms with van der Waals surface area (Å²) in [6, 6.07) is 23.7. The molecule has 5 aliphatic rings. The summed E-state index contributed by atoms with van der Waals surface area (Å²) in [5.74, 6) is 0.470. The number of hydrogen-bond acceptors (Lipinski definition) is 4. The monoisotopic (exact) mass is 550 g/mol. The van der Waals surface area contributed by atoms with Gasteiger partial charge in [-0.3, -0.25) is 10.2 Å². The summed E-state index contributed by atoms with van der Waals surface area (Å²) in [4.78, 5) is 4.85. The Bertz CT molecular complexity index is 1720. The molecule has 2 saturated heterocycles. The molecule has 3 aromatic rings. The Morgan fingerprint density at radius 2 is 1.50 bits per heavy atom. The van der Waals surface area contributed by atoms with Gasteiger partial charge in [0.05, 0.1) is 17.6 Å². The van der Waals surface area contributed by atoms with Gasteiger partial charge in [-0.25, -0.2) is 0 Å². The number of rotatable bonds is 4. The lowest BCUT2D eigenvalue weighted by Gasteiger charge is -2.30. The first-order valence-electron chi connectivity index (χ1n) is 15.4. The highest BCUT2D eigenvalue weighted by atomic mass is 15.4. The molecule has 2 heterocycles. The lowest BCUT2D eigenvalue weighted by atomic mass is 9.90. The Labute approximate surface area is 249 Å². The molecule has 42 heavy (non-hydrogen) atoms. The summed E-state index contributed by atoms with van der Waals surface area (Å²) >= 11 is 0. The van der Waals surface area contributed by atoms with Crippen molar-refractivity contribution < 1.29 is 0 Å². The van der Waals surface area contributed by atoms with E-state index in [1.165, 1.54) is 50.0 Å². The third kappa shape index (κ3) is 4.38. The Balaban J connectivity index is 0.996. The van der Waals surface area contributed by atoms with Gasteiger partial charge in [-0.05, 0) is 77.0 Å². The molecule has 0 aromatic heterocycles. The zero-order chi connectivity index (χ0) is 28.2. The first-order chi connectivity index (χ1) is 20.6. The number of fused-ring (bicyclic) bond motifs is 3. The lowest BCUT2D eigenvalue weighted by molar-refractivity contribution is 0.213. The van der Waals surface area contributed by atoms with Crippen LogP contribution in [0.1, 0.15) is 36.6 Å². The fourth-order valence-corrected chi connectivity index (χ4v) is 7.43. The van der Waals surface area contributed by atoms with E-state index in [0.29, 0.717) is 24.2 Å². The first-order valence-corrected chi connectivity index (χ1v) is 15.4. The van der Waals surface area contributed by atoms with Crippen LogP contribution in [0.5, 0.6) is 0 Å². The minimum absolute atomic E-state index is 0.188. The van der Waals surface area contributed by atoms with Crippen molar-refractivity contribution in [3.63, 3.8) is 0 Å². The average molecular weight is 551 g/mol. The van der Waals surface area contributed by atoms with Crippen LogP contribution in [0.2, 0.25) is 0 Å². The Morgan fingerprint density at radius 1 is 0.738 bits per heavy atom. The van der Waals surface area contributed by atoms with Crippen LogP contribution in [0.15, 0.2) is 127 Å². The van der Waals surface area contributed by atoms with Crippen LogP contribution in [0.25, 0.3) is 27.5 Å². The van der Waals surface area contributed by atoms with Gasteiger partial charge in [-0.1, -0.05) is 103 Å². The molecule has 210 valence electrons. The second-order valence-corrected chi connectivity index (χ2v) is 12.3. The van der Waals surface area contributed by atoms with Gasteiger partial charge in [0.15, 0.2) is 0 Å². The molecular formula is C38H38N4. The lowest BCUT2D eigenvalue weighted by Crippen LogP contribution is -2.41. The molecular weight excluding hydrogens is 512 g/mol. The molecule has 2 aliphatic heterocycles. The summed E-state index contributed by atoms with van der Waals surface area (Å²) in [6.07, 6.45) is 24.6. The van der Waals surface area contributed by atoms with Crippen molar-refractivity contribution in [3.05, 3.63) is 138 Å². The predicted molar refractivity (Wildman–Crippen MR) is 174 cm³/mol. The number of nitrogens with one attached hydrogen (secondary N) is 2. The molecule has 2 N–H and O–H groups in total. The van der Waals surface area contributed by atoms with Crippen molar-refractivity contribution in [1.82, 2.24) is 20.4 Å². The summed E-state index contributed by atoms with van der Waals surface area (Å²) in [5.41, 5.74) is 9.01. The third-order valence-electron chi connectivity index (χ3n) is 9.84. The van der Waals surface area contributed by atoms with Crippen LogP contribution >= 0.6 is 0 Å². The van der Waals surface area contributed by atoms with E-state index in [1.807, 2.05) is 0 Å². The molecule has 5 atom stereocenters. The molecule has 2 fully saturated rings. The van der Waals surface area contributed by atoms with E-state index in [0.717, 1.165) is 19.3 Å². The van der Waals surface area contributed by atoms with E-state index in [1.54, 1.807) is 0 Å². The third-order valence-corrected chi connectivity index (χ3v) is 9.84. The van der Waals surface area contributed by atoms with Crippen molar-refractivity contribution in [1.29, 1.82) is 0 Å². The van der Waals surface area contributed by atoms with Crippen molar-refractivity contribution in [2.45, 2.75) is 43.7 Å². The maximum atomic E-state index is 3.84. The first kappa shape index (κ1) is 25.6. The van der Waals surface area contributed by atoms with Gasteiger partial charge >= 0.3 is 0 Å². The highest BCUT2D eigenvalue weighted by Crippen LogP contribution is 2.36. The van der Waals surface area contributed by atoms with E-state index in [2.05, 4.69) is 150 Å². The van der Waals surface area contributed by atoms with Crippen molar-refractivity contribution >= 4 is 16.3 Å². The SMILES string of the molecule is CN1C2=CCCC=C2NC1c1ccc(-c2ccc3ccc(C4=CCC(C5NC6C=CC=CC6N5C)C=C4)cc3c2)cc1. The van der Waals surface area contributed by atoms with Gasteiger partial charge in [0.1, 0.15) is 6.17 Å².